The molecule has 0 heterocycles. The van der Waals surface area contributed by atoms with Gasteiger partial charge in [-0.2, -0.15) is 4.99 Å². The topological polar surface area (TPSA) is 49.7 Å². The van der Waals surface area contributed by atoms with Crippen molar-refractivity contribution >= 4 is 11.8 Å². The van der Waals surface area contributed by atoms with Crippen LogP contribution in [0.3, 0.4) is 0 Å². The molecule has 0 spiro atoms. The van der Waals surface area contributed by atoms with Crippen molar-refractivity contribution in [2.45, 2.75) is 6.36 Å². The van der Waals surface area contributed by atoms with Gasteiger partial charge >= 0.3 is 6.36 Å². The number of aliphatic hydroxyl groups is 1. The standard InChI is InChI=1S/C7H5NO.CHF3O/c9-6-8-7-4-2-1-3-5-7;2-1(3,4)5/h1-5H;5H. The van der Waals surface area contributed by atoms with Gasteiger partial charge in [-0.25, -0.2) is 4.79 Å². The van der Waals surface area contributed by atoms with Crippen molar-refractivity contribution < 1.29 is 23.1 Å². The Hall–Kier alpha value is -1.65. The number of benzene rings is 1. The third-order valence-corrected chi connectivity index (χ3v) is 0.931. The second-order valence-corrected chi connectivity index (χ2v) is 2.01. The van der Waals surface area contributed by atoms with Crippen molar-refractivity contribution in [1.29, 1.82) is 0 Å². The molecule has 3 nitrogen and oxygen atoms in total. The number of rotatable bonds is 1. The normalized spacial score (nSPS) is 9.43. The molecular weight excluding hydrogens is 199 g/mol. The predicted molar refractivity (Wildman–Crippen MR) is 42.5 cm³/mol. The fraction of sp³-hybridized carbons (Fsp3) is 0.125. The molecule has 0 aliphatic heterocycles. The maximum atomic E-state index is 9.91. The molecule has 14 heavy (non-hydrogen) atoms. The Morgan fingerprint density at radius 3 is 2.00 bits per heavy atom. The molecule has 1 N–H and O–H groups in total. The molecule has 0 radical (unpaired) electrons. The second-order valence-electron chi connectivity index (χ2n) is 2.01. The first kappa shape index (κ1) is 12.3. The first-order chi connectivity index (χ1) is 6.43. The monoisotopic (exact) mass is 205 g/mol. The van der Waals surface area contributed by atoms with Gasteiger partial charge < -0.3 is 5.11 Å². The molecule has 0 aliphatic carbocycles. The third-order valence-electron chi connectivity index (χ3n) is 0.931. The number of halogens is 3. The maximum absolute atomic E-state index is 9.91. The van der Waals surface area contributed by atoms with Crippen molar-refractivity contribution in [1.82, 2.24) is 0 Å². The van der Waals surface area contributed by atoms with Gasteiger partial charge in [-0.3, -0.25) is 0 Å². The lowest BCUT2D eigenvalue weighted by molar-refractivity contribution is -0.295. The van der Waals surface area contributed by atoms with Crippen molar-refractivity contribution in [3.8, 4) is 0 Å². The summed E-state index contributed by atoms with van der Waals surface area (Å²) < 4.78 is 29.7. The number of alkyl halides is 3. The Labute approximate surface area is 77.5 Å². The van der Waals surface area contributed by atoms with Crippen LogP contribution in [0.25, 0.3) is 0 Å². The molecule has 1 rings (SSSR count). The molecule has 0 aliphatic rings. The van der Waals surface area contributed by atoms with E-state index in [4.69, 9.17) is 5.11 Å². The van der Waals surface area contributed by atoms with Crippen molar-refractivity contribution in [2.75, 3.05) is 0 Å². The van der Waals surface area contributed by atoms with E-state index in [1.807, 2.05) is 18.2 Å². The Bertz CT molecular complexity index is 298. The van der Waals surface area contributed by atoms with Gasteiger partial charge in [-0.05, 0) is 12.1 Å². The van der Waals surface area contributed by atoms with Gasteiger partial charge in [0.25, 0.3) is 0 Å². The summed E-state index contributed by atoms with van der Waals surface area (Å²) >= 11 is 0. The van der Waals surface area contributed by atoms with Crippen LogP contribution >= 0.6 is 0 Å². The van der Waals surface area contributed by atoms with Gasteiger partial charge in [0.1, 0.15) is 0 Å². The van der Waals surface area contributed by atoms with Crippen molar-refractivity contribution in [2.24, 2.45) is 4.99 Å². The van der Waals surface area contributed by atoms with Gasteiger partial charge in [-0.1, -0.05) is 18.2 Å². The van der Waals surface area contributed by atoms with E-state index in [2.05, 4.69) is 4.99 Å². The van der Waals surface area contributed by atoms with Gasteiger partial charge in [-0.15, -0.1) is 13.2 Å². The van der Waals surface area contributed by atoms with Crippen LogP contribution < -0.4 is 0 Å². The molecule has 0 bridgehead atoms. The Morgan fingerprint density at radius 2 is 1.64 bits per heavy atom. The average Bonchev–Trinajstić information content (AvgIpc) is 2.03. The van der Waals surface area contributed by atoms with Crippen LogP contribution in [0.4, 0.5) is 18.9 Å². The first-order valence-corrected chi connectivity index (χ1v) is 3.35. The van der Waals surface area contributed by atoms with Crippen LogP contribution in [0.2, 0.25) is 0 Å². The zero-order chi connectivity index (χ0) is 11.0. The highest BCUT2D eigenvalue weighted by Gasteiger charge is 2.20. The summed E-state index contributed by atoms with van der Waals surface area (Å²) in [6.07, 6.45) is -3.54. The van der Waals surface area contributed by atoms with E-state index in [0.717, 1.165) is 0 Å². The second kappa shape index (κ2) is 5.90. The molecule has 0 amide bonds. The molecule has 0 saturated heterocycles. The van der Waals surface area contributed by atoms with Crippen LogP contribution in [-0.4, -0.2) is 17.5 Å². The van der Waals surface area contributed by atoms with Crippen LogP contribution in [0.1, 0.15) is 0 Å². The van der Waals surface area contributed by atoms with E-state index >= 15 is 0 Å². The zero-order valence-electron chi connectivity index (χ0n) is 6.82. The fourth-order valence-electron chi connectivity index (χ4n) is 0.555. The Kier molecular flexibility index (Phi) is 5.21. The number of carbonyl (C=O) groups excluding carboxylic acids is 1. The van der Waals surface area contributed by atoms with Crippen LogP contribution in [0.5, 0.6) is 0 Å². The summed E-state index contributed by atoms with van der Waals surface area (Å²) in [6, 6.07) is 8.98. The quantitative estimate of drug-likeness (QED) is 0.564. The van der Waals surface area contributed by atoms with Gasteiger partial charge in [0, 0.05) is 0 Å². The average molecular weight is 205 g/mol. The summed E-state index contributed by atoms with van der Waals surface area (Å²) in [5.74, 6) is 0. The molecule has 76 valence electrons. The molecule has 1 aromatic carbocycles. The Morgan fingerprint density at radius 1 is 1.21 bits per heavy atom. The summed E-state index contributed by atoms with van der Waals surface area (Å²) in [7, 11) is 0. The lowest BCUT2D eigenvalue weighted by Gasteiger charge is -1.86. The highest BCUT2D eigenvalue weighted by Crippen LogP contribution is 2.07. The molecule has 6 heteroatoms. The van der Waals surface area contributed by atoms with Gasteiger partial charge in [0.2, 0.25) is 6.08 Å². The van der Waals surface area contributed by atoms with Crippen LogP contribution in [0, 0.1) is 0 Å². The van der Waals surface area contributed by atoms with Gasteiger partial charge in [0.05, 0.1) is 5.69 Å². The van der Waals surface area contributed by atoms with Gasteiger partial charge in [0.15, 0.2) is 0 Å². The summed E-state index contributed by atoms with van der Waals surface area (Å²) in [5.41, 5.74) is 0.646. The summed E-state index contributed by atoms with van der Waals surface area (Å²) in [5, 5.41) is 6.52. The number of nitrogens with zero attached hydrogens (tertiary/aromatic N) is 1. The summed E-state index contributed by atoms with van der Waals surface area (Å²) in [4.78, 5) is 13.1. The van der Waals surface area contributed by atoms with Crippen molar-refractivity contribution in [3.05, 3.63) is 30.3 Å². The smallest absolute Gasteiger partial charge is 0.308 e. The number of para-hydroxylation sites is 1. The van der Waals surface area contributed by atoms with Crippen LogP contribution in [-0.2, 0) is 4.79 Å². The third kappa shape index (κ3) is 10.3. The molecule has 0 atom stereocenters. The molecule has 0 saturated carbocycles. The first-order valence-electron chi connectivity index (χ1n) is 3.35. The lowest BCUT2D eigenvalue weighted by atomic mass is 10.3. The van der Waals surface area contributed by atoms with Crippen molar-refractivity contribution in [3.63, 3.8) is 0 Å². The van der Waals surface area contributed by atoms with E-state index in [-0.39, 0.29) is 0 Å². The molecule has 1 aromatic rings. The minimum Gasteiger partial charge on any atom is -0.308 e. The number of hydrogen-bond donors (Lipinski definition) is 1. The lowest BCUT2D eigenvalue weighted by Crippen LogP contribution is -2.01. The minimum absolute atomic E-state index is 0.646. The number of hydrogen-bond acceptors (Lipinski definition) is 3. The fourth-order valence-corrected chi connectivity index (χ4v) is 0.555. The molecule has 0 unspecified atom stereocenters. The zero-order valence-corrected chi connectivity index (χ0v) is 6.82. The van der Waals surface area contributed by atoms with E-state index in [1.54, 1.807) is 12.1 Å². The highest BCUT2D eigenvalue weighted by atomic mass is 19.4. The molecule has 0 fully saturated rings. The number of isocyanates is 1. The SMILES string of the molecule is O=C=Nc1ccccc1.OC(F)(F)F. The largest absolute Gasteiger partial charge is 0.519 e. The summed E-state index contributed by atoms with van der Waals surface area (Å²) in [6.45, 7) is 0. The van der Waals surface area contributed by atoms with E-state index < -0.39 is 6.36 Å². The minimum atomic E-state index is -5.00. The van der Waals surface area contributed by atoms with E-state index in [1.165, 1.54) is 6.08 Å². The predicted octanol–water partition coefficient (Wildman–Crippen LogP) is 2.15. The van der Waals surface area contributed by atoms with E-state index in [0.29, 0.717) is 5.69 Å². The maximum Gasteiger partial charge on any atom is 0.519 e. The molecule has 0 aromatic heterocycles. The Balaban J connectivity index is 0.000000292. The molecular formula is C8H6F3NO2. The van der Waals surface area contributed by atoms with Crippen LogP contribution in [0.15, 0.2) is 35.3 Å². The number of aliphatic imine (C=N–C) groups is 1. The highest BCUT2D eigenvalue weighted by molar-refractivity contribution is 5.47. The van der Waals surface area contributed by atoms with E-state index in [9.17, 15) is 18.0 Å².